The number of para-hydroxylation sites is 1. The quantitative estimate of drug-likeness (QED) is 0.764. The molecule has 0 spiro atoms. The molecule has 3 nitrogen and oxygen atoms in total. The van der Waals surface area contributed by atoms with Crippen LogP contribution in [-0.2, 0) is 11.3 Å². The van der Waals surface area contributed by atoms with Gasteiger partial charge in [0.15, 0.2) is 0 Å². The Kier molecular flexibility index (Phi) is 5.20. The molecular formula is C15H13Br2NO2. The summed E-state index contributed by atoms with van der Waals surface area (Å²) in [6.07, 6.45) is 0. The van der Waals surface area contributed by atoms with Crippen LogP contribution in [0, 0.1) is 0 Å². The van der Waals surface area contributed by atoms with Crippen LogP contribution in [0.3, 0.4) is 0 Å². The van der Waals surface area contributed by atoms with Crippen LogP contribution in [-0.4, -0.2) is 13.1 Å². The third-order valence-corrected chi connectivity index (χ3v) is 4.16. The number of benzene rings is 2. The minimum atomic E-state index is -0.325. The van der Waals surface area contributed by atoms with E-state index in [1.807, 2.05) is 36.4 Å². The molecule has 0 aliphatic rings. The van der Waals surface area contributed by atoms with E-state index in [4.69, 9.17) is 4.74 Å². The van der Waals surface area contributed by atoms with Gasteiger partial charge in [0, 0.05) is 15.5 Å². The molecule has 0 aromatic heterocycles. The molecule has 0 radical (unpaired) electrons. The maximum atomic E-state index is 11.7. The molecule has 2 aromatic rings. The molecule has 0 bridgehead atoms. The number of anilines is 1. The maximum Gasteiger partial charge on any atom is 0.338 e. The molecule has 0 fully saturated rings. The van der Waals surface area contributed by atoms with Gasteiger partial charge < -0.3 is 10.1 Å². The molecule has 0 aliphatic carbocycles. The Balaban J connectivity index is 2.21. The number of methoxy groups -OCH3 is 1. The van der Waals surface area contributed by atoms with Crippen LogP contribution in [0.2, 0.25) is 0 Å². The van der Waals surface area contributed by atoms with Crippen molar-refractivity contribution < 1.29 is 9.53 Å². The molecule has 1 N–H and O–H groups in total. The number of hydrogen-bond donors (Lipinski definition) is 1. The fourth-order valence-electron chi connectivity index (χ4n) is 1.83. The highest BCUT2D eigenvalue weighted by molar-refractivity contribution is 9.11. The Morgan fingerprint density at radius 2 is 1.75 bits per heavy atom. The summed E-state index contributed by atoms with van der Waals surface area (Å²) in [5.41, 5.74) is 2.42. The smallest absolute Gasteiger partial charge is 0.338 e. The molecule has 2 aromatic carbocycles. The van der Waals surface area contributed by atoms with Gasteiger partial charge in [-0.2, -0.15) is 0 Å². The number of nitrogens with one attached hydrogen (secondary N) is 1. The number of hydrogen-bond acceptors (Lipinski definition) is 3. The van der Waals surface area contributed by atoms with Crippen LogP contribution in [0.1, 0.15) is 15.9 Å². The van der Waals surface area contributed by atoms with Gasteiger partial charge in [-0.05, 0) is 55.6 Å². The first-order valence-electron chi connectivity index (χ1n) is 5.97. The van der Waals surface area contributed by atoms with E-state index in [-0.39, 0.29) is 5.97 Å². The fraction of sp³-hybridized carbons (Fsp3) is 0.133. The van der Waals surface area contributed by atoms with Crippen LogP contribution in [0.15, 0.2) is 51.4 Å². The molecule has 0 heterocycles. The Morgan fingerprint density at radius 3 is 2.40 bits per heavy atom. The molecular weight excluding hydrogens is 386 g/mol. The molecule has 20 heavy (non-hydrogen) atoms. The normalized spacial score (nSPS) is 10.2. The number of esters is 1. The molecule has 0 saturated heterocycles. The Hall–Kier alpha value is -1.33. The summed E-state index contributed by atoms with van der Waals surface area (Å²) in [7, 11) is 1.39. The topological polar surface area (TPSA) is 38.3 Å². The number of halogens is 2. The highest BCUT2D eigenvalue weighted by Gasteiger charge is 2.11. The second kappa shape index (κ2) is 6.90. The number of carbonyl (C=O) groups is 1. The van der Waals surface area contributed by atoms with Crippen LogP contribution < -0.4 is 5.32 Å². The zero-order valence-corrected chi connectivity index (χ0v) is 14.0. The summed E-state index contributed by atoms with van der Waals surface area (Å²) in [4.78, 5) is 11.7. The lowest BCUT2D eigenvalue weighted by Gasteiger charge is -2.12. The summed E-state index contributed by atoms with van der Waals surface area (Å²) in [5.74, 6) is -0.325. The Bertz CT molecular complexity index is 609. The minimum absolute atomic E-state index is 0.325. The lowest BCUT2D eigenvalue weighted by atomic mass is 10.1. The van der Waals surface area contributed by atoms with Crippen molar-refractivity contribution in [3.63, 3.8) is 0 Å². The summed E-state index contributed by atoms with van der Waals surface area (Å²) >= 11 is 7.00. The zero-order chi connectivity index (χ0) is 14.5. The summed E-state index contributed by atoms with van der Waals surface area (Å²) in [6, 6.07) is 13.3. The predicted octanol–water partition coefficient (Wildman–Crippen LogP) is 4.61. The van der Waals surface area contributed by atoms with Gasteiger partial charge in [0.25, 0.3) is 0 Å². The highest BCUT2D eigenvalue weighted by atomic mass is 79.9. The molecule has 0 saturated carbocycles. The lowest BCUT2D eigenvalue weighted by Crippen LogP contribution is -2.09. The van der Waals surface area contributed by atoms with Crippen molar-refractivity contribution in [2.24, 2.45) is 0 Å². The van der Waals surface area contributed by atoms with Crippen molar-refractivity contribution in [3.8, 4) is 0 Å². The standard InChI is InChI=1S/C15H13Br2NO2/c1-20-15(19)11-6-3-2-5-10(11)9-18-14-12(16)7-4-8-13(14)17/h2-8,18H,9H2,1H3. The second-order valence-electron chi connectivity index (χ2n) is 4.10. The number of rotatable bonds is 4. The Morgan fingerprint density at radius 1 is 1.10 bits per heavy atom. The average Bonchev–Trinajstić information content (AvgIpc) is 2.46. The van der Waals surface area contributed by atoms with Gasteiger partial charge in [-0.15, -0.1) is 0 Å². The largest absolute Gasteiger partial charge is 0.465 e. The number of carbonyl (C=O) groups excluding carboxylic acids is 1. The van der Waals surface area contributed by atoms with Crippen molar-refractivity contribution in [1.29, 1.82) is 0 Å². The lowest BCUT2D eigenvalue weighted by molar-refractivity contribution is 0.0599. The van der Waals surface area contributed by atoms with Gasteiger partial charge in [-0.25, -0.2) is 4.79 Å². The van der Waals surface area contributed by atoms with E-state index in [0.29, 0.717) is 12.1 Å². The maximum absolute atomic E-state index is 11.7. The summed E-state index contributed by atoms with van der Waals surface area (Å²) < 4.78 is 6.71. The van der Waals surface area contributed by atoms with Crippen molar-refractivity contribution in [2.45, 2.75) is 6.54 Å². The van der Waals surface area contributed by atoms with Crippen LogP contribution in [0.25, 0.3) is 0 Å². The number of ether oxygens (including phenoxy) is 1. The van der Waals surface area contributed by atoms with E-state index in [1.54, 1.807) is 6.07 Å². The van der Waals surface area contributed by atoms with Crippen LogP contribution in [0.4, 0.5) is 5.69 Å². The highest BCUT2D eigenvalue weighted by Crippen LogP contribution is 2.31. The molecule has 2 rings (SSSR count). The van der Waals surface area contributed by atoms with Crippen LogP contribution in [0.5, 0.6) is 0 Å². The van der Waals surface area contributed by atoms with Gasteiger partial charge in [0.2, 0.25) is 0 Å². The second-order valence-corrected chi connectivity index (χ2v) is 5.81. The molecule has 0 unspecified atom stereocenters. The van der Waals surface area contributed by atoms with Gasteiger partial charge in [-0.3, -0.25) is 0 Å². The molecule has 0 amide bonds. The van der Waals surface area contributed by atoms with E-state index in [9.17, 15) is 4.79 Å². The molecule has 0 atom stereocenters. The van der Waals surface area contributed by atoms with E-state index >= 15 is 0 Å². The van der Waals surface area contributed by atoms with Gasteiger partial charge >= 0.3 is 5.97 Å². The first kappa shape index (κ1) is 15.1. The average molecular weight is 399 g/mol. The summed E-state index contributed by atoms with van der Waals surface area (Å²) in [6.45, 7) is 0.534. The van der Waals surface area contributed by atoms with Crippen molar-refractivity contribution in [3.05, 3.63) is 62.5 Å². The Labute approximate surface area is 134 Å². The van der Waals surface area contributed by atoms with E-state index in [1.165, 1.54) is 7.11 Å². The predicted molar refractivity (Wildman–Crippen MR) is 87.0 cm³/mol. The van der Waals surface area contributed by atoms with Crippen molar-refractivity contribution >= 4 is 43.5 Å². The SMILES string of the molecule is COC(=O)c1ccccc1CNc1c(Br)cccc1Br. The zero-order valence-electron chi connectivity index (χ0n) is 10.8. The van der Waals surface area contributed by atoms with Gasteiger partial charge in [-0.1, -0.05) is 24.3 Å². The first-order valence-corrected chi connectivity index (χ1v) is 7.56. The van der Waals surface area contributed by atoms with E-state index in [0.717, 1.165) is 20.2 Å². The summed E-state index contributed by atoms with van der Waals surface area (Å²) in [5, 5.41) is 3.32. The first-order chi connectivity index (χ1) is 9.63. The molecule has 5 heteroatoms. The van der Waals surface area contributed by atoms with Crippen LogP contribution >= 0.6 is 31.9 Å². The van der Waals surface area contributed by atoms with E-state index < -0.39 is 0 Å². The molecule has 0 aliphatic heterocycles. The van der Waals surface area contributed by atoms with Gasteiger partial charge in [0.1, 0.15) is 0 Å². The van der Waals surface area contributed by atoms with E-state index in [2.05, 4.69) is 37.2 Å². The van der Waals surface area contributed by atoms with Crippen molar-refractivity contribution in [1.82, 2.24) is 0 Å². The molecule has 104 valence electrons. The minimum Gasteiger partial charge on any atom is -0.465 e. The van der Waals surface area contributed by atoms with Crippen molar-refractivity contribution in [2.75, 3.05) is 12.4 Å². The van der Waals surface area contributed by atoms with Gasteiger partial charge in [0.05, 0.1) is 18.4 Å². The third-order valence-electron chi connectivity index (χ3n) is 2.84. The third kappa shape index (κ3) is 3.41. The monoisotopic (exact) mass is 397 g/mol. The fourth-order valence-corrected chi connectivity index (χ4v) is 3.11.